The average molecular weight is 447 g/mol. The number of aromatic amines is 1. The zero-order chi connectivity index (χ0) is 22.6. The number of hydrogen-bond donors (Lipinski definition) is 1. The number of aryl methyl sites for hydroxylation is 1. The van der Waals surface area contributed by atoms with Crippen LogP contribution >= 0.6 is 0 Å². The Labute approximate surface area is 191 Å². The van der Waals surface area contributed by atoms with E-state index in [1.54, 1.807) is 7.11 Å². The number of aromatic nitrogens is 3. The standard InChI is InChI=1S/C25H26N4O4/c1-31-13-12-23-27-25(33-28-23)20-7-3-5-9-22(20)32-18-15-29(16-18)24(30)11-10-17-14-26-21-8-4-2-6-19(17)21/h2-9,14,18,26H,10-13,15-16H2,1H3. The first-order valence-electron chi connectivity index (χ1n) is 11.1. The maximum atomic E-state index is 12.6. The van der Waals surface area contributed by atoms with Crippen LogP contribution in [0.15, 0.2) is 59.3 Å². The molecule has 0 spiro atoms. The molecule has 1 aliphatic heterocycles. The molecule has 8 heteroatoms. The molecule has 0 radical (unpaired) electrons. The minimum Gasteiger partial charge on any atom is -0.486 e. The van der Waals surface area contributed by atoms with Gasteiger partial charge in [0.2, 0.25) is 5.91 Å². The minimum atomic E-state index is -0.0564. The molecule has 0 bridgehead atoms. The van der Waals surface area contributed by atoms with E-state index in [4.69, 9.17) is 14.0 Å². The number of H-pyrrole nitrogens is 1. The molecule has 1 N–H and O–H groups in total. The molecule has 2 aromatic heterocycles. The molecule has 0 unspecified atom stereocenters. The Kier molecular flexibility index (Phi) is 6.08. The molecule has 1 aliphatic rings. The highest BCUT2D eigenvalue weighted by Crippen LogP contribution is 2.31. The third-order valence-electron chi connectivity index (χ3n) is 5.89. The minimum absolute atomic E-state index is 0.0564. The van der Waals surface area contributed by atoms with Crippen LogP contribution in [0.3, 0.4) is 0 Å². The maximum absolute atomic E-state index is 12.6. The van der Waals surface area contributed by atoms with Crippen LogP contribution in [-0.2, 0) is 22.4 Å². The van der Waals surface area contributed by atoms with Crippen molar-refractivity contribution in [2.75, 3.05) is 26.8 Å². The molecule has 0 atom stereocenters. The lowest BCUT2D eigenvalue weighted by molar-refractivity contribution is -0.139. The van der Waals surface area contributed by atoms with E-state index in [9.17, 15) is 4.79 Å². The van der Waals surface area contributed by atoms with Gasteiger partial charge in [-0.25, -0.2) is 0 Å². The van der Waals surface area contributed by atoms with Crippen LogP contribution in [-0.4, -0.2) is 58.8 Å². The number of methoxy groups -OCH3 is 1. The van der Waals surface area contributed by atoms with Crippen LogP contribution in [0, 0.1) is 0 Å². The molecule has 2 aromatic carbocycles. The molecule has 3 heterocycles. The Bertz CT molecular complexity index is 1240. The highest BCUT2D eigenvalue weighted by atomic mass is 16.5. The highest BCUT2D eigenvalue weighted by molar-refractivity contribution is 5.84. The summed E-state index contributed by atoms with van der Waals surface area (Å²) in [6.07, 6.45) is 3.73. The molecule has 5 rings (SSSR count). The number of carbonyl (C=O) groups excluding carboxylic acids is 1. The first kappa shape index (κ1) is 21.2. The van der Waals surface area contributed by atoms with E-state index in [0.717, 1.165) is 17.5 Å². The quantitative estimate of drug-likeness (QED) is 0.422. The number of likely N-dealkylation sites (tertiary alicyclic amines) is 1. The molecule has 8 nitrogen and oxygen atoms in total. The number of carbonyl (C=O) groups is 1. The predicted molar refractivity (Wildman–Crippen MR) is 123 cm³/mol. The van der Waals surface area contributed by atoms with E-state index in [1.807, 2.05) is 53.6 Å². The largest absolute Gasteiger partial charge is 0.486 e. The fourth-order valence-corrected chi connectivity index (χ4v) is 4.04. The summed E-state index contributed by atoms with van der Waals surface area (Å²) >= 11 is 0. The zero-order valence-corrected chi connectivity index (χ0v) is 18.5. The van der Waals surface area contributed by atoms with Crippen molar-refractivity contribution >= 4 is 16.8 Å². The van der Waals surface area contributed by atoms with Crippen LogP contribution in [0.1, 0.15) is 17.8 Å². The first-order valence-corrected chi connectivity index (χ1v) is 11.1. The van der Waals surface area contributed by atoms with Gasteiger partial charge >= 0.3 is 0 Å². The van der Waals surface area contributed by atoms with Gasteiger partial charge in [0.25, 0.3) is 5.89 Å². The predicted octanol–water partition coefficient (Wildman–Crippen LogP) is 3.63. The Morgan fingerprint density at radius 3 is 2.85 bits per heavy atom. The Morgan fingerprint density at radius 2 is 1.97 bits per heavy atom. The number of amides is 1. The third-order valence-corrected chi connectivity index (χ3v) is 5.89. The van der Waals surface area contributed by atoms with E-state index in [0.29, 0.717) is 50.0 Å². The van der Waals surface area contributed by atoms with Gasteiger partial charge in [-0.05, 0) is 30.2 Å². The number of fused-ring (bicyclic) bond motifs is 1. The van der Waals surface area contributed by atoms with Gasteiger partial charge in [-0.1, -0.05) is 35.5 Å². The molecule has 33 heavy (non-hydrogen) atoms. The van der Waals surface area contributed by atoms with Crippen molar-refractivity contribution in [3.63, 3.8) is 0 Å². The van der Waals surface area contributed by atoms with Crippen molar-refractivity contribution in [1.82, 2.24) is 20.0 Å². The molecular weight excluding hydrogens is 420 g/mol. The number of ether oxygens (including phenoxy) is 2. The molecule has 170 valence electrons. The van der Waals surface area contributed by atoms with E-state index >= 15 is 0 Å². The number of nitrogens with one attached hydrogen (secondary N) is 1. The second-order valence-electron chi connectivity index (χ2n) is 8.15. The summed E-state index contributed by atoms with van der Waals surface area (Å²) in [6.45, 7) is 1.68. The van der Waals surface area contributed by atoms with Crippen LogP contribution in [0.5, 0.6) is 5.75 Å². The molecule has 1 fully saturated rings. The number of rotatable bonds is 9. The van der Waals surface area contributed by atoms with Crippen LogP contribution < -0.4 is 4.74 Å². The van der Waals surface area contributed by atoms with Crippen LogP contribution in [0.4, 0.5) is 0 Å². The van der Waals surface area contributed by atoms with Gasteiger partial charge in [-0.15, -0.1) is 0 Å². The summed E-state index contributed by atoms with van der Waals surface area (Å²) in [5.41, 5.74) is 3.02. The van der Waals surface area contributed by atoms with Crippen molar-refractivity contribution in [2.45, 2.75) is 25.4 Å². The number of hydrogen-bond acceptors (Lipinski definition) is 6. The summed E-state index contributed by atoms with van der Waals surface area (Å²) in [4.78, 5) is 22.2. The monoisotopic (exact) mass is 446 g/mol. The average Bonchev–Trinajstić information content (AvgIpc) is 3.45. The van der Waals surface area contributed by atoms with Crippen molar-refractivity contribution in [1.29, 1.82) is 0 Å². The summed E-state index contributed by atoms with van der Waals surface area (Å²) in [5.74, 6) is 1.84. The van der Waals surface area contributed by atoms with Crippen molar-refractivity contribution in [2.24, 2.45) is 0 Å². The van der Waals surface area contributed by atoms with Gasteiger partial charge in [-0.3, -0.25) is 4.79 Å². The van der Waals surface area contributed by atoms with Crippen molar-refractivity contribution < 1.29 is 18.8 Å². The Morgan fingerprint density at radius 1 is 1.15 bits per heavy atom. The lowest BCUT2D eigenvalue weighted by Gasteiger charge is -2.39. The van der Waals surface area contributed by atoms with E-state index in [-0.39, 0.29) is 12.0 Å². The van der Waals surface area contributed by atoms with Gasteiger partial charge in [-0.2, -0.15) is 4.98 Å². The fourth-order valence-electron chi connectivity index (χ4n) is 4.04. The second kappa shape index (κ2) is 9.46. The second-order valence-corrected chi connectivity index (χ2v) is 8.15. The number of benzene rings is 2. The fraction of sp³-hybridized carbons (Fsp3) is 0.320. The van der Waals surface area contributed by atoms with E-state index < -0.39 is 0 Å². The lowest BCUT2D eigenvalue weighted by atomic mass is 10.1. The number of para-hydroxylation sites is 2. The van der Waals surface area contributed by atoms with Gasteiger partial charge in [0.1, 0.15) is 11.9 Å². The van der Waals surface area contributed by atoms with E-state index in [1.165, 1.54) is 10.9 Å². The van der Waals surface area contributed by atoms with Gasteiger partial charge in [0, 0.05) is 37.1 Å². The molecule has 4 aromatic rings. The zero-order valence-electron chi connectivity index (χ0n) is 18.5. The highest BCUT2D eigenvalue weighted by Gasteiger charge is 2.32. The summed E-state index contributed by atoms with van der Waals surface area (Å²) in [6, 6.07) is 15.7. The Balaban J connectivity index is 1.15. The topological polar surface area (TPSA) is 93.5 Å². The maximum Gasteiger partial charge on any atom is 0.261 e. The van der Waals surface area contributed by atoms with Crippen molar-refractivity contribution in [3.8, 4) is 17.2 Å². The summed E-state index contributed by atoms with van der Waals surface area (Å²) in [5, 5.41) is 5.18. The summed E-state index contributed by atoms with van der Waals surface area (Å²) in [7, 11) is 1.64. The van der Waals surface area contributed by atoms with Gasteiger partial charge in [0.15, 0.2) is 5.82 Å². The smallest absolute Gasteiger partial charge is 0.261 e. The lowest BCUT2D eigenvalue weighted by Crippen LogP contribution is -2.56. The van der Waals surface area contributed by atoms with Gasteiger partial charge < -0.3 is 23.9 Å². The SMILES string of the molecule is COCCc1noc(-c2ccccc2OC2CN(C(=O)CCc3c[nH]c4ccccc34)C2)n1. The molecular formula is C25H26N4O4. The molecule has 0 aliphatic carbocycles. The van der Waals surface area contributed by atoms with Crippen molar-refractivity contribution in [3.05, 3.63) is 66.1 Å². The molecule has 1 amide bonds. The number of nitrogens with zero attached hydrogens (tertiary/aromatic N) is 3. The molecule has 0 saturated carbocycles. The first-order chi connectivity index (χ1) is 16.2. The van der Waals surface area contributed by atoms with Gasteiger partial charge in [0.05, 0.1) is 25.3 Å². The third kappa shape index (κ3) is 4.61. The Hall–Kier alpha value is -3.65. The molecule has 1 saturated heterocycles. The normalized spacial score (nSPS) is 13.9. The summed E-state index contributed by atoms with van der Waals surface area (Å²) < 4.78 is 16.6. The van der Waals surface area contributed by atoms with E-state index in [2.05, 4.69) is 21.2 Å². The van der Waals surface area contributed by atoms with Crippen LogP contribution in [0.25, 0.3) is 22.4 Å². The van der Waals surface area contributed by atoms with Crippen LogP contribution in [0.2, 0.25) is 0 Å².